The molecule has 0 unspecified atom stereocenters. The van der Waals surface area contributed by atoms with Gasteiger partial charge in [0.05, 0.1) is 6.61 Å². The maximum absolute atomic E-state index is 12.0. The van der Waals surface area contributed by atoms with Crippen LogP contribution in [0.15, 0.2) is 24.5 Å². The maximum Gasteiger partial charge on any atom is 0.409 e. The van der Waals surface area contributed by atoms with E-state index in [4.69, 9.17) is 4.74 Å². The number of ether oxygens (including phenoxy) is 1. The second kappa shape index (κ2) is 7.98. The third kappa shape index (κ3) is 5.34. The second-order valence-corrected chi connectivity index (χ2v) is 5.94. The molecule has 0 bridgehead atoms. The summed E-state index contributed by atoms with van der Waals surface area (Å²) < 4.78 is 5.31. The van der Waals surface area contributed by atoms with Gasteiger partial charge in [-0.25, -0.2) is 4.79 Å². The van der Waals surface area contributed by atoms with Gasteiger partial charge in [0.1, 0.15) is 0 Å². The molecule has 5 heteroatoms. The van der Waals surface area contributed by atoms with Crippen molar-refractivity contribution in [1.29, 1.82) is 0 Å². The molecule has 5 nitrogen and oxygen atoms in total. The van der Waals surface area contributed by atoms with Gasteiger partial charge in [0, 0.05) is 45.1 Å². The van der Waals surface area contributed by atoms with Gasteiger partial charge in [-0.15, -0.1) is 0 Å². The van der Waals surface area contributed by atoms with E-state index >= 15 is 0 Å². The van der Waals surface area contributed by atoms with E-state index in [1.807, 2.05) is 43.3 Å². The highest BCUT2D eigenvalue weighted by molar-refractivity contribution is 5.67. The maximum atomic E-state index is 12.0. The lowest BCUT2D eigenvalue weighted by Gasteiger charge is -2.22. The number of amides is 1. The summed E-state index contributed by atoms with van der Waals surface area (Å²) >= 11 is 0. The molecule has 1 aromatic heterocycles. The zero-order chi connectivity index (χ0) is 15.1. The monoisotopic (exact) mass is 291 g/mol. The largest absolute Gasteiger partial charge is 0.449 e. The highest BCUT2D eigenvalue weighted by Gasteiger charge is 2.20. The molecule has 1 aliphatic rings. The molecule has 0 spiro atoms. The first-order valence-electron chi connectivity index (χ1n) is 7.68. The average molecular weight is 291 g/mol. The molecule has 0 N–H and O–H groups in total. The molecule has 0 aliphatic carbocycles. The molecule has 2 rings (SSSR count). The van der Waals surface area contributed by atoms with Gasteiger partial charge in [-0.3, -0.25) is 9.88 Å². The quantitative estimate of drug-likeness (QED) is 0.854. The van der Waals surface area contributed by atoms with E-state index in [1.165, 1.54) is 5.56 Å². The molecule has 0 atom stereocenters. The molecule has 116 valence electrons. The molecule has 21 heavy (non-hydrogen) atoms. The van der Waals surface area contributed by atoms with E-state index in [1.54, 1.807) is 0 Å². The highest BCUT2D eigenvalue weighted by atomic mass is 16.6. The van der Waals surface area contributed by atoms with Crippen molar-refractivity contribution in [3.8, 4) is 0 Å². The fourth-order valence-corrected chi connectivity index (χ4v) is 2.39. The number of nitrogens with zero attached hydrogens (tertiary/aromatic N) is 3. The van der Waals surface area contributed by atoms with Gasteiger partial charge in [-0.2, -0.15) is 0 Å². The highest BCUT2D eigenvalue weighted by Crippen LogP contribution is 2.09. The summed E-state index contributed by atoms with van der Waals surface area (Å²) in [6.45, 7) is 8.92. The Kier molecular flexibility index (Phi) is 5.99. The first kappa shape index (κ1) is 15.8. The Morgan fingerprint density at radius 1 is 1.24 bits per heavy atom. The van der Waals surface area contributed by atoms with E-state index in [-0.39, 0.29) is 6.09 Å². The lowest BCUT2D eigenvalue weighted by atomic mass is 10.2. The second-order valence-electron chi connectivity index (χ2n) is 5.94. The Balaban J connectivity index is 1.80. The van der Waals surface area contributed by atoms with E-state index in [0.29, 0.717) is 12.5 Å². The fourth-order valence-electron chi connectivity index (χ4n) is 2.39. The molecule has 1 saturated heterocycles. The van der Waals surface area contributed by atoms with Gasteiger partial charge in [0.15, 0.2) is 0 Å². The lowest BCUT2D eigenvalue weighted by molar-refractivity contribution is 0.0930. The average Bonchev–Trinajstić information content (AvgIpc) is 2.71. The standard InChI is InChI=1S/C16H25N3O2/c1-14(2)13-21-16(20)19-9-3-8-18(10-11-19)12-15-4-6-17-7-5-15/h4-7,14H,3,8-13H2,1-2H3. The van der Waals surface area contributed by atoms with Crippen LogP contribution in [0, 0.1) is 5.92 Å². The van der Waals surface area contributed by atoms with E-state index in [0.717, 1.165) is 39.1 Å². The normalized spacial score (nSPS) is 16.8. The molecule has 0 aromatic carbocycles. The van der Waals surface area contributed by atoms with Crippen LogP contribution in [0.1, 0.15) is 25.8 Å². The minimum atomic E-state index is -0.172. The van der Waals surface area contributed by atoms with Crippen LogP contribution in [0.4, 0.5) is 4.79 Å². The minimum absolute atomic E-state index is 0.172. The zero-order valence-electron chi connectivity index (χ0n) is 13.0. The van der Waals surface area contributed by atoms with Crippen LogP contribution in [0.2, 0.25) is 0 Å². The summed E-state index contributed by atoms with van der Waals surface area (Å²) in [5.74, 6) is 0.379. The van der Waals surface area contributed by atoms with Crippen molar-refractivity contribution in [2.45, 2.75) is 26.8 Å². The predicted molar refractivity (Wildman–Crippen MR) is 81.9 cm³/mol. The smallest absolute Gasteiger partial charge is 0.409 e. The molecule has 2 heterocycles. The van der Waals surface area contributed by atoms with Crippen molar-refractivity contribution < 1.29 is 9.53 Å². The SMILES string of the molecule is CC(C)COC(=O)N1CCCN(Cc2ccncc2)CC1. The van der Waals surface area contributed by atoms with Crippen molar-refractivity contribution in [1.82, 2.24) is 14.8 Å². The van der Waals surface area contributed by atoms with Crippen LogP contribution in [-0.2, 0) is 11.3 Å². The molecule has 0 saturated carbocycles. The summed E-state index contributed by atoms with van der Waals surface area (Å²) in [7, 11) is 0. The molecule has 1 aliphatic heterocycles. The molecular weight excluding hydrogens is 266 g/mol. The summed E-state index contributed by atoms with van der Waals surface area (Å²) in [5, 5.41) is 0. The number of rotatable bonds is 4. The van der Waals surface area contributed by atoms with Crippen LogP contribution < -0.4 is 0 Å². The van der Waals surface area contributed by atoms with Crippen LogP contribution in [0.25, 0.3) is 0 Å². The lowest BCUT2D eigenvalue weighted by Crippen LogP contribution is -2.36. The van der Waals surface area contributed by atoms with Crippen molar-refractivity contribution in [3.05, 3.63) is 30.1 Å². The Hall–Kier alpha value is -1.62. The number of carbonyl (C=O) groups is 1. The third-order valence-corrected chi connectivity index (χ3v) is 3.54. The number of aromatic nitrogens is 1. The van der Waals surface area contributed by atoms with E-state index in [9.17, 15) is 4.79 Å². The molecule has 1 aromatic rings. The molecule has 1 fully saturated rings. The van der Waals surface area contributed by atoms with Crippen molar-refractivity contribution in [3.63, 3.8) is 0 Å². The van der Waals surface area contributed by atoms with E-state index in [2.05, 4.69) is 9.88 Å². The Morgan fingerprint density at radius 2 is 2.00 bits per heavy atom. The number of hydrogen-bond donors (Lipinski definition) is 0. The van der Waals surface area contributed by atoms with Gasteiger partial charge >= 0.3 is 6.09 Å². The minimum Gasteiger partial charge on any atom is -0.449 e. The number of carbonyl (C=O) groups excluding carboxylic acids is 1. The first-order chi connectivity index (χ1) is 10.1. The van der Waals surface area contributed by atoms with Gasteiger partial charge in [0.25, 0.3) is 0 Å². The third-order valence-electron chi connectivity index (χ3n) is 3.54. The molecule has 0 radical (unpaired) electrons. The van der Waals surface area contributed by atoms with Crippen molar-refractivity contribution in [2.24, 2.45) is 5.92 Å². The Labute approximate surface area is 126 Å². The summed E-state index contributed by atoms with van der Waals surface area (Å²) in [6.07, 6.45) is 4.46. The van der Waals surface area contributed by atoms with Gasteiger partial charge in [0.2, 0.25) is 0 Å². The van der Waals surface area contributed by atoms with Crippen molar-refractivity contribution >= 4 is 6.09 Å². The predicted octanol–water partition coefficient (Wildman–Crippen LogP) is 2.38. The zero-order valence-corrected chi connectivity index (χ0v) is 13.0. The van der Waals surface area contributed by atoms with Crippen LogP contribution >= 0.6 is 0 Å². The summed E-state index contributed by atoms with van der Waals surface area (Å²) in [6, 6.07) is 4.08. The van der Waals surface area contributed by atoms with Crippen molar-refractivity contribution in [2.75, 3.05) is 32.8 Å². The number of pyridine rings is 1. The topological polar surface area (TPSA) is 45.7 Å². The summed E-state index contributed by atoms with van der Waals surface area (Å²) in [5.41, 5.74) is 1.26. The fraction of sp³-hybridized carbons (Fsp3) is 0.625. The summed E-state index contributed by atoms with van der Waals surface area (Å²) in [4.78, 5) is 20.2. The Morgan fingerprint density at radius 3 is 2.71 bits per heavy atom. The Bertz CT molecular complexity index is 436. The van der Waals surface area contributed by atoms with E-state index < -0.39 is 0 Å². The molecule has 1 amide bonds. The number of hydrogen-bond acceptors (Lipinski definition) is 4. The van der Waals surface area contributed by atoms with Gasteiger partial charge in [-0.05, 0) is 30.0 Å². The van der Waals surface area contributed by atoms with Crippen LogP contribution in [-0.4, -0.2) is 53.7 Å². The van der Waals surface area contributed by atoms with Crippen LogP contribution in [0.3, 0.4) is 0 Å². The van der Waals surface area contributed by atoms with Crippen LogP contribution in [0.5, 0.6) is 0 Å². The van der Waals surface area contributed by atoms with Gasteiger partial charge in [-0.1, -0.05) is 13.8 Å². The molecular formula is C16H25N3O2. The van der Waals surface area contributed by atoms with Gasteiger partial charge < -0.3 is 9.64 Å². The first-order valence-corrected chi connectivity index (χ1v) is 7.68.